The van der Waals surface area contributed by atoms with Gasteiger partial charge in [-0.3, -0.25) is 0 Å². The molecule has 0 amide bonds. The van der Waals surface area contributed by atoms with Crippen molar-refractivity contribution in [3.8, 4) is 11.1 Å². The maximum atomic E-state index is 2.54. The Balaban J connectivity index is 2.07. The summed E-state index contributed by atoms with van der Waals surface area (Å²) in [6, 6.07) is 20.3. The summed E-state index contributed by atoms with van der Waals surface area (Å²) in [4.78, 5) is 0. The average molecular weight is 280 g/mol. The fourth-order valence-corrected chi connectivity index (χ4v) is 7.48. The Hall–Kier alpha value is -1.34. The van der Waals surface area contributed by atoms with Crippen molar-refractivity contribution in [2.24, 2.45) is 0 Å². The zero-order chi connectivity index (χ0) is 14.2. The van der Waals surface area contributed by atoms with E-state index in [0.717, 1.165) is 6.42 Å². The second kappa shape index (κ2) is 5.21. The van der Waals surface area contributed by atoms with Gasteiger partial charge in [0.25, 0.3) is 0 Å². The van der Waals surface area contributed by atoms with E-state index in [9.17, 15) is 0 Å². The van der Waals surface area contributed by atoms with Crippen molar-refractivity contribution in [2.75, 3.05) is 0 Å². The van der Waals surface area contributed by atoms with Crippen molar-refractivity contribution >= 4 is 13.3 Å². The Kier molecular flexibility index (Phi) is 3.55. The maximum absolute atomic E-state index is 2.54. The second-order valence-corrected chi connectivity index (χ2v) is 11.3. The molecule has 0 N–H and O–H groups in total. The Morgan fingerprint density at radius 2 is 1.45 bits per heavy atom. The first-order valence-electron chi connectivity index (χ1n) is 7.95. The predicted molar refractivity (Wildman–Crippen MR) is 91.5 cm³/mol. The summed E-state index contributed by atoms with van der Waals surface area (Å²) in [6.07, 6.45) is 1.13. The van der Waals surface area contributed by atoms with E-state index in [-0.39, 0.29) is 0 Å². The predicted octanol–water partition coefficient (Wildman–Crippen LogP) is 4.97. The minimum atomic E-state index is -1.24. The molecule has 0 radical (unpaired) electrons. The summed E-state index contributed by atoms with van der Waals surface area (Å²) < 4.78 is 0. The van der Waals surface area contributed by atoms with Crippen LogP contribution < -0.4 is 5.19 Å². The summed E-state index contributed by atoms with van der Waals surface area (Å²) in [5.74, 6) is 0. The molecule has 1 aliphatic rings. The number of benzene rings is 2. The fourth-order valence-electron chi connectivity index (χ4n) is 3.84. The van der Waals surface area contributed by atoms with Crippen molar-refractivity contribution in [3.63, 3.8) is 0 Å². The number of rotatable bonds is 4. The molecule has 1 heteroatoms. The lowest BCUT2D eigenvalue weighted by Gasteiger charge is -2.29. The minimum absolute atomic E-state index is 1.13. The van der Waals surface area contributed by atoms with E-state index in [1.165, 1.54) is 34.8 Å². The third-order valence-corrected chi connectivity index (χ3v) is 11.0. The van der Waals surface area contributed by atoms with Gasteiger partial charge < -0.3 is 0 Å². The van der Waals surface area contributed by atoms with E-state index < -0.39 is 8.07 Å². The molecule has 1 aliphatic carbocycles. The monoisotopic (exact) mass is 280 g/mol. The molecule has 2 aromatic rings. The Labute approximate surface area is 123 Å². The molecule has 3 rings (SSSR count). The van der Waals surface area contributed by atoms with Gasteiger partial charge in [0, 0.05) is 0 Å². The number of fused-ring (bicyclic) bond motifs is 3. The highest BCUT2D eigenvalue weighted by atomic mass is 28.3. The fraction of sp³-hybridized carbons (Fsp3) is 0.368. The normalized spacial score (nSPS) is 13.2. The standard InChI is InChI=1S/C19H24Si/c1-4-20(5-2,6-3)17-11-12-19-16(14-17)13-15-9-7-8-10-18(15)19/h7-12,14H,4-6,13H2,1-3H3. The zero-order valence-corrected chi connectivity index (χ0v) is 13.9. The van der Waals surface area contributed by atoms with E-state index in [1.54, 1.807) is 10.8 Å². The molecule has 0 fully saturated rings. The third-order valence-electron chi connectivity index (χ3n) is 5.44. The highest BCUT2D eigenvalue weighted by Crippen LogP contribution is 2.36. The Morgan fingerprint density at radius 1 is 0.800 bits per heavy atom. The lowest BCUT2D eigenvalue weighted by atomic mass is 10.1. The second-order valence-electron chi connectivity index (χ2n) is 6.05. The van der Waals surface area contributed by atoms with Crippen LogP contribution in [0.1, 0.15) is 31.9 Å². The van der Waals surface area contributed by atoms with Gasteiger partial charge in [-0.1, -0.05) is 86.6 Å². The van der Waals surface area contributed by atoms with Gasteiger partial charge >= 0.3 is 0 Å². The minimum Gasteiger partial charge on any atom is -0.0675 e. The summed E-state index contributed by atoms with van der Waals surface area (Å²) >= 11 is 0. The van der Waals surface area contributed by atoms with Gasteiger partial charge in [-0.2, -0.15) is 0 Å². The van der Waals surface area contributed by atoms with Crippen LogP contribution in [0.4, 0.5) is 0 Å². The van der Waals surface area contributed by atoms with Crippen molar-refractivity contribution in [3.05, 3.63) is 53.6 Å². The molecule has 0 spiro atoms. The first-order chi connectivity index (χ1) is 9.74. The van der Waals surface area contributed by atoms with Crippen LogP contribution in [0.15, 0.2) is 42.5 Å². The molecular weight excluding hydrogens is 256 g/mol. The van der Waals surface area contributed by atoms with E-state index in [4.69, 9.17) is 0 Å². The van der Waals surface area contributed by atoms with Gasteiger partial charge in [0.15, 0.2) is 0 Å². The molecular formula is C19H24Si. The van der Waals surface area contributed by atoms with Gasteiger partial charge in [-0.15, -0.1) is 0 Å². The van der Waals surface area contributed by atoms with Crippen LogP contribution >= 0.6 is 0 Å². The topological polar surface area (TPSA) is 0 Å². The molecule has 2 aromatic carbocycles. The lowest BCUT2D eigenvalue weighted by Crippen LogP contribution is -2.45. The lowest BCUT2D eigenvalue weighted by molar-refractivity contribution is 1.19. The molecule has 0 atom stereocenters. The van der Waals surface area contributed by atoms with Crippen LogP contribution in [0.3, 0.4) is 0 Å². The van der Waals surface area contributed by atoms with Crippen LogP contribution in [0.5, 0.6) is 0 Å². The molecule has 0 aliphatic heterocycles. The highest BCUT2D eigenvalue weighted by molar-refractivity contribution is 6.91. The van der Waals surface area contributed by atoms with Crippen LogP contribution in [-0.4, -0.2) is 8.07 Å². The van der Waals surface area contributed by atoms with Gasteiger partial charge in [0.1, 0.15) is 0 Å². The van der Waals surface area contributed by atoms with E-state index in [2.05, 4.69) is 63.2 Å². The highest BCUT2D eigenvalue weighted by Gasteiger charge is 2.30. The maximum Gasteiger partial charge on any atom is 0.0859 e. The van der Waals surface area contributed by atoms with Gasteiger partial charge in [-0.25, -0.2) is 0 Å². The quantitative estimate of drug-likeness (QED) is 0.592. The summed E-state index contributed by atoms with van der Waals surface area (Å²) in [6.45, 7) is 7.17. The molecule has 104 valence electrons. The van der Waals surface area contributed by atoms with Gasteiger partial charge in [0.05, 0.1) is 8.07 Å². The number of hydrogen-bond acceptors (Lipinski definition) is 0. The smallest absolute Gasteiger partial charge is 0.0675 e. The SMILES string of the molecule is CC[Si](CC)(CC)c1ccc2c(c1)Cc1ccccc1-2. The van der Waals surface area contributed by atoms with Crippen LogP contribution in [0.25, 0.3) is 11.1 Å². The Morgan fingerprint density at radius 3 is 2.15 bits per heavy atom. The van der Waals surface area contributed by atoms with E-state index in [0.29, 0.717) is 0 Å². The molecule has 0 unspecified atom stereocenters. The molecule has 0 bridgehead atoms. The van der Waals surface area contributed by atoms with Crippen molar-refractivity contribution in [1.29, 1.82) is 0 Å². The molecule has 0 nitrogen and oxygen atoms in total. The van der Waals surface area contributed by atoms with Crippen molar-refractivity contribution in [2.45, 2.75) is 45.3 Å². The largest absolute Gasteiger partial charge is 0.0859 e. The summed E-state index contributed by atoms with van der Waals surface area (Å²) in [5.41, 5.74) is 5.97. The van der Waals surface area contributed by atoms with Crippen LogP contribution in [0.2, 0.25) is 18.1 Å². The van der Waals surface area contributed by atoms with Gasteiger partial charge in [-0.05, 0) is 28.7 Å². The van der Waals surface area contributed by atoms with Crippen molar-refractivity contribution < 1.29 is 0 Å². The molecule has 0 aromatic heterocycles. The summed E-state index contributed by atoms with van der Waals surface area (Å²) in [5, 5.41) is 1.68. The van der Waals surface area contributed by atoms with Crippen LogP contribution in [0, 0.1) is 0 Å². The average Bonchev–Trinajstić information content (AvgIpc) is 2.87. The molecule has 20 heavy (non-hydrogen) atoms. The van der Waals surface area contributed by atoms with Crippen LogP contribution in [-0.2, 0) is 6.42 Å². The van der Waals surface area contributed by atoms with Gasteiger partial charge in [0.2, 0.25) is 0 Å². The molecule has 0 heterocycles. The number of hydrogen-bond donors (Lipinski definition) is 0. The first kappa shape index (κ1) is 13.6. The molecule has 0 saturated heterocycles. The third kappa shape index (κ3) is 1.96. The Bertz CT molecular complexity index is 615. The first-order valence-corrected chi connectivity index (χ1v) is 10.6. The summed E-state index contributed by atoms with van der Waals surface area (Å²) in [7, 11) is -1.24. The molecule has 0 saturated carbocycles. The van der Waals surface area contributed by atoms with E-state index >= 15 is 0 Å². The zero-order valence-electron chi connectivity index (χ0n) is 12.9. The van der Waals surface area contributed by atoms with E-state index in [1.807, 2.05) is 0 Å². The van der Waals surface area contributed by atoms with Crippen molar-refractivity contribution in [1.82, 2.24) is 0 Å².